The predicted octanol–water partition coefficient (Wildman–Crippen LogP) is 2.04. The average molecular weight is 265 g/mol. The normalized spacial score (nSPS) is 24.8. The van der Waals surface area contributed by atoms with Crippen LogP contribution in [0.15, 0.2) is 18.2 Å². The Morgan fingerprint density at radius 1 is 1.42 bits per heavy atom. The average Bonchev–Trinajstić information content (AvgIpc) is 2.38. The SMILES string of the molecule is CCOc1cc(CNC2CC(O)C2(C)C)ccc1O. The Morgan fingerprint density at radius 3 is 2.74 bits per heavy atom. The number of nitrogens with one attached hydrogen (secondary N) is 1. The molecule has 2 rings (SSSR count). The lowest BCUT2D eigenvalue weighted by molar-refractivity contribution is -0.0729. The van der Waals surface area contributed by atoms with Crippen LogP contribution >= 0.6 is 0 Å². The van der Waals surface area contributed by atoms with Gasteiger partial charge in [-0.15, -0.1) is 0 Å². The molecular formula is C15H23NO3. The summed E-state index contributed by atoms with van der Waals surface area (Å²) >= 11 is 0. The van der Waals surface area contributed by atoms with Crippen LogP contribution in [-0.4, -0.2) is 29.0 Å². The number of aliphatic hydroxyl groups excluding tert-OH is 1. The number of aliphatic hydroxyl groups is 1. The summed E-state index contributed by atoms with van der Waals surface area (Å²) in [6.45, 7) is 7.28. The summed E-state index contributed by atoms with van der Waals surface area (Å²) in [5.41, 5.74) is 0.998. The summed E-state index contributed by atoms with van der Waals surface area (Å²) < 4.78 is 5.36. The largest absolute Gasteiger partial charge is 0.504 e. The van der Waals surface area contributed by atoms with Crippen LogP contribution in [-0.2, 0) is 6.54 Å². The van der Waals surface area contributed by atoms with E-state index in [0.717, 1.165) is 12.0 Å². The molecule has 1 aromatic carbocycles. The van der Waals surface area contributed by atoms with Gasteiger partial charge in [0.05, 0.1) is 12.7 Å². The van der Waals surface area contributed by atoms with Crippen LogP contribution in [0.1, 0.15) is 32.8 Å². The molecule has 1 aliphatic rings. The third-order valence-electron chi connectivity index (χ3n) is 4.09. The summed E-state index contributed by atoms with van der Waals surface area (Å²) in [4.78, 5) is 0. The van der Waals surface area contributed by atoms with Gasteiger partial charge in [-0.2, -0.15) is 0 Å². The van der Waals surface area contributed by atoms with Gasteiger partial charge in [0.15, 0.2) is 11.5 Å². The highest BCUT2D eigenvalue weighted by molar-refractivity contribution is 5.41. The van der Waals surface area contributed by atoms with Crippen molar-refractivity contribution >= 4 is 0 Å². The zero-order chi connectivity index (χ0) is 14.0. The molecule has 1 aromatic rings. The van der Waals surface area contributed by atoms with E-state index in [0.29, 0.717) is 24.9 Å². The summed E-state index contributed by atoms with van der Waals surface area (Å²) in [5.74, 6) is 0.694. The highest BCUT2D eigenvalue weighted by Crippen LogP contribution is 2.40. The third-order valence-corrected chi connectivity index (χ3v) is 4.09. The van der Waals surface area contributed by atoms with Crippen LogP contribution < -0.4 is 10.1 Å². The van der Waals surface area contributed by atoms with Gasteiger partial charge in [-0.1, -0.05) is 19.9 Å². The van der Waals surface area contributed by atoms with Gasteiger partial charge in [0.2, 0.25) is 0 Å². The van der Waals surface area contributed by atoms with Crippen molar-refractivity contribution in [3.05, 3.63) is 23.8 Å². The van der Waals surface area contributed by atoms with E-state index in [1.165, 1.54) is 0 Å². The molecule has 0 amide bonds. The maximum Gasteiger partial charge on any atom is 0.161 e. The number of benzene rings is 1. The highest BCUT2D eigenvalue weighted by Gasteiger charge is 2.46. The number of rotatable bonds is 5. The van der Waals surface area contributed by atoms with Gasteiger partial charge < -0.3 is 20.3 Å². The molecule has 4 nitrogen and oxygen atoms in total. The Bertz CT molecular complexity index is 445. The smallest absolute Gasteiger partial charge is 0.161 e. The molecule has 0 aliphatic heterocycles. The molecule has 1 aliphatic carbocycles. The van der Waals surface area contributed by atoms with Crippen molar-refractivity contribution in [2.24, 2.45) is 5.41 Å². The maximum atomic E-state index is 9.70. The number of aromatic hydroxyl groups is 1. The Kier molecular flexibility index (Phi) is 4.02. The number of hydrogen-bond acceptors (Lipinski definition) is 4. The molecule has 2 unspecified atom stereocenters. The molecule has 0 aromatic heterocycles. The fourth-order valence-corrected chi connectivity index (χ4v) is 2.43. The molecule has 19 heavy (non-hydrogen) atoms. The first kappa shape index (κ1) is 14.2. The molecule has 0 spiro atoms. The van der Waals surface area contributed by atoms with E-state index in [-0.39, 0.29) is 17.3 Å². The van der Waals surface area contributed by atoms with Gasteiger partial charge >= 0.3 is 0 Å². The molecule has 1 saturated carbocycles. The molecule has 3 N–H and O–H groups in total. The molecule has 1 fully saturated rings. The van der Waals surface area contributed by atoms with E-state index in [4.69, 9.17) is 4.74 Å². The van der Waals surface area contributed by atoms with Crippen molar-refractivity contribution in [1.82, 2.24) is 5.32 Å². The van der Waals surface area contributed by atoms with Crippen molar-refractivity contribution in [1.29, 1.82) is 0 Å². The Hall–Kier alpha value is -1.26. The molecule has 0 saturated heterocycles. The van der Waals surface area contributed by atoms with Crippen LogP contribution in [0.25, 0.3) is 0 Å². The van der Waals surface area contributed by atoms with Gasteiger partial charge in [-0.05, 0) is 31.0 Å². The zero-order valence-corrected chi connectivity index (χ0v) is 11.8. The lowest BCUT2D eigenvalue weighted by atomic mass is 9.64. The molecular weight excluding hydrogens is 242 g/mol. The van der Waals surface area contributed by atoms with Crippen molar-refractivity contribution < 1.29 is 14.9 Å². The van der Waals surface area contributed by atoms with Crippen molar-refractivity contribution in [2.75, 3.05) is 6.61 Å². The summed E-state index contributed by atoms with van der Waals surface area (Å²) in [6.07, 6.45) is 0.576. The molecule has 0 bridgehead atoms. The monoisotopic (exact) mass is 265 g/mol. The quantitative estimate of drug-likeness (QED) is 0.762. The molecule has 0 radical (unpaired) electrons. The van der Waals surface area contributed by atoms with Crippen molar-refractivity contribution in [2.45, 2.75) is 45.9 Å². The second kappa shape index (κ2) is 5.39. The van der Waals surface area contributed by atoms with Gasteiger partial charge in [0, 0.05) is 18.0 Å². The van der Waals surface area contributed by atoms with Crippen LogP contribution in [0, 0.1) is 5.41 Å². The first-order valence-electron chi connectivity index (χ1n) is 6.81. The van der Waals surface area contributed by atoms with Crippen LogP contribution in [0.4, 0.5) is 0 Å². The molecule has 2 atom stereocenters. The second-order valence-corrected chi connectivity index (χ2v) is 5.74. The van der Waals surface area contributed by atoms with Crippen LogP contribution in [0.3, 0.4) is 0 Å². The van der Waals surface area contributed by atoms with E-state index in [9.17, 15) is 10.2 Å². The summed E-state index contributed by atoms with van der Waals surface area (Å²) in [7, 11) is 0. The predicted molar refractivity (Wildman–Crippen MR) is 74.3 cm³/mol. The first-order valence-corrected chi connectivity index (χ1v) is 6.81. The Balaban J connectivity index is 1.95. The fourth-order valence-electron chi connectivity index (χ4n) is 2.43. The second-order valence-electron chi connectivity index (χ2n) is 5.74. The van der Waals surface area contributed by atoms with Gasteiger partial charge in [0.1, 0.15) is 0 Å². The summed E-state index contributed by atoms with van der Waals surface area (Å²) in [6, 6.07) is 5.72. The minimum atomic E-state index is -0.219. The van der Waals surface area contributed by atoms with Gasteiger partial charge in [-0.3, -0.25) is 0 Å². The molecule has 106 valence electrons. The topological polar surface area (TPSA) is 61.7 Å². The minimum Gasteiger partial charge on any atom is -0.504 e. The highest BCUT2D eigenvalue weighted by atomic mass is 16.5. The number of hydrogen-bond donors (Lipinski definition) is 3. The fraction of sp³-hybridized carbons (Fsp3) is 0.600. The first-order chi connectivity index (χ1) is 8.95. The Labute approximate surface area is 114 Å². The van der Waals surface area contributed by atoms with Crippen molar-refractivity contribution in [3.63, 3.8) is 0 Å². The zero-order valence-electron chi connectivity index (χ0n) is 11.8. The van der Waals surface area contributed by atoms with Crippen molar-refractivity contribution in [3.8, 4) is 11.5 Å². The number of phenols is 1. The summed E-state index contributed by atoms with van der Waals surface area (Å²) in [5, 5.41) is 22.8. The van der Waals surface area contributed by atoms with E-state index in [1.54, 1.807) is 6.07 Å². The van der Waals surface area contributed by atoms with E-state index in [1.807, 2.05) is 19.1 Å². The molecule has 0 heterocycles. The van der Waals surface area contributed by atoms with E-state index < -0.39 is 0 Å². The number of phenolic OH excluding ortho intramolecular Hbond substituents is 1. The maximum absolute atomic E-state index is 9.70. The van der Waals surface area contributed by atoms with E-state index >= 15 is 0 Å². The Morgan fingerprint density at radius 2 is 2.16 bits per heavy atom. The third kappa shape index (κ3) is 2.85. The van der Waals surface area contributed by atoms with E-state index in [2.05, 4.69) is 19.2 Å². The lowest BCUT2D eigenvalue weighted by Gasteiger charge is -2.49. The lowest BCUT2D eigenvalue weighted by Crippen LogP contribution is -2.59. The van der Waals surface area contributed by atoms with Crippen LogP contribution in [0.5, 0.6) is 11.5 Å². The molecule has 4 heteroatoms. The standard InChI is InChI=1S/C15H23NO3/c1-4-19-12-7-10(5-6-11(12)17)9-16-13-8-14(18)15(13,2)3/h5-7,13-14,16-18H,4,8-9H2,1-3H3. The van der Waals surface area contributed by atoms with Gasteiger partial charge in [0.25, 0.3) is 0 Å². The number of ether oxygens (including phenoxy) is 1. The van der Waals surface area contributed by atoms with Gasteiger partial charge in [-0.25, -0.2) is 0 Å². The van der Waals surface area contributed by atoms with Crippen LogP contribution in [0.2, 0.25) is 0 Å². The minimum absolute atomic E-state index is 0.0698.